The third-order valence-corrected chi connectivity index (χ3v) is 7.08. The van der Waals surface area contributed by atoms with Crippen LogP contribution in [0, 0.1) is 0 Å². The molecule has 1 amide bonds. The highest BCUT2D eigenvalue weighted by atomic mass is 35.5. The van der Waals surface area contributed by atoms with E-state index < -0.39 is 0 Å². The van der Waals surface area contributed by atoms with Crippen LogP contribution >= 0.6 is 22.9 Å². The van der Waals surface area contributed by atoms with Crippen LogP contribution in [0.5, 0.6) is 0 Å². The van der Waals surface area contributed by atoms with Gasteiger partial charge in [0.25, 0.3) is 5.91 Å². The molecule has 6 nitrogen and oxygen atoms in total. The molecule has 0 radical (unpaired) electrons. The Morgan fingerprint density at radius 2 is 1.77 bits per heavy atom. The van der Waals surface area contributed by atoms with Gasteiger partial charge in [-0.1, -0.05) is 44.0 Å². The summed E-state index contributed by atoms with van der Waals surface area (Å²) in [5.74, 6) is 0.240. The predicted molar refractivity (Wildman–Crippen MR) is 151 cm³/mol. The van der Waals surface area contributed by atoms with Crippen molar-refractivity contribution in [2.24, 2.45) is 10.7 Å². The van der Waals surface area contributed by atoms with Gasteiger partial charge in [0.05, 0.1) is 11.4 Å². The number of hydrogen-bond acceptors (Lipinski definition) is 5. The first-order valence-electron chi connectivity index (χ1n) is 12.1. The Bertz CT molecular complexity index is 1140. The smallest absolute Gasteiger partial charge is 0.265 e. The Morgan fingerprint density at radius 3 is 2.46 bits per heavy atom. The monoisotopic (exact) mass is 511 g/mol. The van der Waals surface area contributed by atoms with Crippen molar-refractivity contribution in [1.82, 2.24) is 4.90 Å². The first-order chi connectivity index (χ1) is 17.0. The lowest BCUT2D eigenvalue weighted by molar-refractivity contribution is 0.103. The molecular formula is C27H34ClN5OS. The zero-order valence-corrected chi connectivity index (χ0v) is 22.0. The van der Waals surface area contributed by atoms with E-state index in [9.17, 15) is 4.79 Å². The van der Waals surface area contributed by atoms with Gasteiger partial charge in [-0.15, -0.1) is 11.3 Å². The third kappa shape index (κ3) is 7.56. The van der Waals surface area contributed by atoms with Crippen molar-refractivity contribution in [2.75, 3.05) is 37.2 Å². The molecule has 0 bridgehead atoms. The number of anilines is 2. The molecule has 2 heterocycles. The lowest BCUT2D eigenvalue weighted by atomic mass is 10.1. The van der Waals surface area contributed by atoms with E-state index in [0.29, 0.717) is 39.2 Å². The summed E-state index contributed by atoms with van der Waals surface area (Å²) in [6, 6.07) is 16.6. The van der Waals surface area contributed by atoms with E-state index in [-0.39, 0.29) is 5.91 Å². The maximum absolute atomic E-state index is 12.7. The number of carbonyl (C=O) groups excluding carboxylic acids is 1. The number of likely N-dealkylation sites (tertiary alicyclic amines) is 1. The average Bonchev–Trinajstić information content (AvgIpc) is 3.37. The van der Waals surface area contributed by atoms with Crippen molar-refractivity contribution < 1.29 is 4.79 Å². The summed E-state index contributed by atoms with van der Waals surface area (Å²) in [5.41, 5.74) is 15.2. The van der Waals surface area contributed by atoms with Gasteiger partial charge in [0.2, 0.25) is 0 Å². The summed E-state index contributed by atoms with van der Waals surface area (Å²) in [7, 11) is 0. The van der Waals surface area contributed by atoms with Crippen LogP contribution in [0.25, 0.3) is 10.4 Å². The maximum Gasteiger partial charge on any atom is 0.265 e. The maximum atomic E-state index is 12.7. The molecule has 0 spiro atoms. The van der Waals surface area contributed by atoms with Crippen LogP contribution < -0.4 is 16.8 Å². The minimum Gasteiger partial charge on any atom is -0.398 e. The molecule has 1 aliphatic heterocycles. The fraction of sp³-hybridized carbons (Fsp3) is 0.333. The number of carbonyl (C=O) groups is 1. The zero-order valence-electron chi connectivity index (χ0n) is 20.4. The number of amidine groups is 1. The number of nitrogens with zero attached hydrogens (tertiary/aromatic N) is 2. The van der Waals surface area contributed by atoms with E-state index in [1.165, 1.54) is 30.6 Å². The van der Waals surface area contributed by atoms with Gasteiger partial charge in [-0.3, -0.25) is 9.79 Å². The number of hydrogen-bond donors (Lipinski definition) is 3. The number of piperidine rings is 1. The number of nitrogen functional groups attached to an aromatic ring is 1. The topological polar surface area (TPSA) is 96.7 Å². The molecule has 0 atom stereocenters. The Hall–Kier alpha value is -2.87. The molecule has 0 saturated carbocycles. The van der Waals surface area contributed by atoms with E-state index in [1.54, 1.807) is 18.2 Å². The minimum absolute atomic E-state index is 0.185. The summed E-state index contributed by atoms with van der Waals surface area (Å²) < 4.78 is 0. The Labute approximate surface area is 217 Å². The van der Waals surface area contributed by atoms with Gasteiger partial charge in [0.1, 0.15) is 5.84 Å². The third-order valence-electron chi connectivity index (χ3n) is 5.69. The average molecular weight is 512 g/mol. The zero-order chi connectivity index (χ0) is 25.2. The number of halogens is 1. The van der Waals surface area contributed by atoms with Crippen LogP contribution in [0.2, 0.25) is 5.02 Å². The van der Waals surface area contributed by atoms with Crippen LogP contribution in [-0.4, -0.2) is 42.8 Å². The van der Waals surface area contributed by atoms with Crippen molar-refractivity contribution in [2.45, 2.75) is 33.1 Å². The first-order valence-corrected chi connectivity index (χ1v) is 13.3. The van der Waals surface area contributed by atoms with E-state index in [2.05, 4.69) is 15.2 Å². The molecule has 1 fully saturated rings. The Balaban J connectivity index is 0.00000167. The van der Waals surface area contributed by atoms with E-state index >= 15 is 0 Å². The molecule has 4 rings (SSSR count). The summed E-state index contributed by atoms with van der Waals surface area (Å²) >= 11 is 7.38. The Morgan fingerprint density at radius 1 is 1.06 bits per heavy atom. The second-order valence-electron chi connectivity index (χ2n) is 8.10. The first kappa shape index (κ1) is 26.7. The number of thiophene rings is 1. The molecule has 1 saturated heterocycles. The number of nitrogens with two attached hydrogens (primary N) is 2. The van der Waals surface area contributed by atoms with Gasteiger partial charge in [0.15, 0.2) is 0 Å². The van der Waals surface area contributed by atoms with Crippen molar-refractivity contribution in [3.63, 3.8) is 0 Å². The number of aliphatic imine (C=N–C) groups is 1. The molecule has 186 valence electrons. The highest BCUT2D eigenvalue weighted by molar-refractivity contribution is 7.17. The van der Waals surface area contributed by atoms with Crippen molar-refractivity contribution in [3.05, 3.63) is 70.1 Å². The second-order valence-corrected chi connectivity index (χ2v) is 9.62. The van der Waals surface area contributed by atoms with Gasteiger partial charge in [0, 0.05) is 33.4 Å². The molecule has 5 N–H and O–H groups in total. The number of nitrogens with one attached hydrogen (secondary N) is 1. The Kier molecular flexibility index (Phi) is 10.1. The predicted octanol–water partition coefficient (Wildman–Crippen LogP) is 6.12. The molecule has 2 aromatic carbocycles. The van der Waals surface area contributed by atoms with Crippen LogP contribution in [0.3, 0.4) is 0 Å². The van der Waals surface area contributed by atoms with E-state index in [0.717, 1.165) is 30.1 Å². The molecule has 8 heteroatoms. The van der Waals surface area contributed by atoms with Crippen LogP contribution in [0.1, 0.15) is 48.3 Å². The molecule has 1 aromatic heterocycles. The van der Waals surface area contributed by atoms with Crippen LogP contribution in [0.15, 0.2) is 59.6 Å². The van der Waals surface area contributed by atoms with Gasteiger partial charge < -0.3 is 21.7 Å². The summed E-state index contributed by atoms with van der Waals surface area (Å²) in [5, 5.41) is 3.59. The van der Waals surface area contributed by atoms with Gasteiger partial charge in [-0.05, 0) is 74.0 Å². The fourth-order valence-electron chi connectivity index (χ4n) is 3.88. The summed E-state index contributed by atoms with van der Waals surface area (Å²) in [4.78, 5) is 21.3. The van der Waals surface area contributed by atoms with Crippen molar-refractivity contribution in [1.29, 1.82) is 0 Å². The fourth-order valence-corrected chi connectivity index (χ4v) is 4.91. The molecule has 0 unspecified atom stereocenters. The standard InChI is InChI=1S/C25H28ClN5OS.C2H6/c26-18-6-4-17(5-7-18)22-10-11-23(33-22)25(32)30-19-8-9-20(21(27)16-19)24(28)29-12-15-31-13-2-1-3-14-31;1-2/h4-11,16H,1-3,12-15,27H2,(H2,28,29)(H,30,32);1-2H3. The van der Waals surface area contributed by atoms with E-state index in [4.69, 9.17) is 23.1 Å². The number of amides is 1. The van der Waals surface area contributed by atoms with Crippen molar-refractivity contribution in [3.8, 4) is 10.4 Å². The normalized spacial score (nSPS) is 14.2. The molecule has 0 aliphatic carbocycles. The summed E-state index contributed by atoms with van der Waals surface area (Å²) in [6.07, 6.45) is 3.83. The van der Waals surface area contributed by atoms with Gasteiger partial charge >= 0.3 is 0 Å². The quantitative estimate of drug-likeness (QED) is 0.202. The summed E-state index contributed by atoms with van der Waals surface area (Å²) in [6.45, 7) is 7.83. The van der Waals surface area contributed by atoms with E-state index in [1.807, 2.05) is 50.2 Å². The SMILES string of the molecule is CC.NC(=NCCN1CCCCC1)c1ccc(NC(=O)c2ccc(-c3ccc(Cl)cc3)s2)cc1N. The highest BCUT2D eigenvalue weighted by Gasteiger charge is 2.13. The van der Waals surface area contributed by atoms with Crippen molar-refractivity contribution >= 4 is 46.1 Å². The molecular weight excluding hydrogens is 478 g/mol. The van der Waals surface area contributed by atoms with Crippen LogP contribution in [-0.2, 0) is 0 Å². The minimum atomic E-state index is -0.185. The van der Waals surface area contributed by atoms with Gasteiger partial charge in [-0.2, -0.15) is 0 Å². The number of benzene rings is 2. The van der Waals surface area contributed by atoms with Crippen LogP contribution in [0.4, 0.5) is 11.4 Å². The molecule has 1 aliphatic rings. The lowest BCUT2D eigenvalue weighted by Crippen LogP contribution is -2.32. The number of rotatable bonds is 7. The lowest BCUT2D eigenvalue weighted by Gasteiger charge is -2.25. The highest BCUT2D eigenvalue weighted by Crippen LogP contribution is 2.29. The van der Waals surface area contributed by atoms with Gasteiger partial charge in [-0.25, -0.2) is 0 Å². The second kappa shape index (κ2) is 13.3. The molecule has 35 heavy (non-hydrogen) atoms. The largest absolute Gasteiger partial charge is 0.398 e. The molecule has 3 aromatic rings.